The van der Waals surface area contributed by atoms with Crippen molar-refractivity contribution < 1.29 is 37.1 Å². The predicted octanol–water partition coefficient (Wildman–Crippen LogP) is 1.72. The van der Waals surface area contributed by atoms with Crippen LogP contribution < -0.4 is 5.56 Å². The van der Waals surface area contributed by atoms with Crippen molar-refractivity contribution in [3.05, 3.63) is 46.0 Å². The summed E-state index contributed by atoms with van der Waals surface area (Å²) in [4.78, 5) is 11.5. The van der Waals surface area contributed by atoms with Gasteiger partial charge in [-0.2, -0.15) is 0 Å². The van der Waals surface area contributed by atoms with Gasteiger partial charge in [0.15, 0.2) is 5.56 Å². The van der Waals surface area contributed by atoms with Crippen LogP contribution in [0, 0.1) is 19.9 Å². The molecule has 0 unspecified atom stereocenters. The van der Waals surface area contributed by atoms with E-state index in [1.807, 2.05) is 20.8 Å². The maximum atomic E-state index is 11.5. The van der Waals surface area contributed by atoms with E-state index in [4.69, 9.17) is 4.42 Å². The molecule has 0 saturated heterocycles. The number of aryl methyl sites for hydroxylation is 2. The van der Waals surface area contributed by atoms with Crippen LogP contribution in [0.5, 0.6) is 0 Å². The molecule has 0 N–H and O–H groups in total. The van der Waals surface area contributed by atoms with Gasteiger partial charge in [0.2, 0.25) is 11.8 Å². The number of aromatic nitrogens is 3. The van der Waals surface area contributed by atoms with Gasteiger partial charge in [-0.25, -0.2) is 11.6 Å². The van der Waals surface area contributed by atoms with E-state index in [9.17, 15) is 4.79 Å². The molecule has 0 aliphatic carbocycles. The van der Waals surface area contributed by atoms with E-state index in [2.05, 4.69) is 16.3 Å². The molecular weight excluding hydrogens is 307 g/mol. The molecule has 2 heterocycles. The summed E-state index contributed by atoms with van der Waals surface area (Å²) in [7, 11) is 0. The van der Waals surface area contributed by atoms with E-state index >= 15 is 0 Å². The Kier molecular flexibility index (Phi) is 7.95. The predicted molar refractivity (Wildman–Crippen MR) is 63.8 cm³/mol. The number of rotatable bonds is 2. The summed E-state index contributed by atoms with van der Waals surface area (Å²) in [6, 6.07) is 4.46. The van der Waals surface area contributed by atoms with E-state index in [0.717, 1.165) is 5.56 Å². The molecule has 0 spiro atoms. The van der Waals surface area contributed by atoms with Gasteiger partial charge in [-0.3, -0.25) is 4.79 Å². The molecule has 0 aliphatic heterocycles. The van der Waals surface area contributed by atoms with Gasteiger partial charge in [0.25, 0.3) is 0 Å². The van der Waals surface area contributed by atoms with Crippen molar-refractivity contribution in [1.29, 1.82) is 0 Å². The van der Waals surface area contributed by atoms with Crippen LogP contribution in [0.3, 0.4) is 0 Å². The fraction of sp³-hybridized carbons (Fsp3) is 0.417. The maximum Gasteiger partial charge on any atom is 0.236 e. The van der Waals surface area contributed by atoms with Crippen LogP contribution in [-0.4, -0.2) is 14.8 Å². The number of hydrogen-bond donors (Lipinski definition) is 0. The third-order valence-electron chi connectivity index (χ3n) is 1.94. The van der Waals surface area contributed by atoms with Crippen molar-refractivity contribution in [1.82, 2.24) is 14.8 Å². The standard InChI is InChI=1S/C10H10N3O2.C2H6.Y/c1-7-3-4-13(10(14)5-7)6-9-12-11-8(2)15-9;1-2;/h4-5H,6H2,1-2H3;1-2H3;/q-1;;. The molecule has 6 heteroatoms. The van der Waals surface area contributed by atoms with Crippen LogP contribution in [0.1, 0.15) is 31.2 Å². The zero-order chi connectivity index (χ0) is 12.8. The van der Waals surface area contributed by atoms with Crippen LogP contribution >= 0.6 is 0 Å². The van der Waals surface area contributed by atoms with Gasteiger partial charge in [-0.15, -0.1) is 16.3 Å². The first-order chi connectivity index (χ1) is 8.15. The Hall–Kier alpha value is -0.806. The summed E-state index contributed by atoms with van der Waals surface area (Å²) >= 11 is 0. The van der Waals surface area contributed by atoms with E-state index in [1.165, 1.54) is 10.6 Å². The topological polar surface area (TPSA) is 60.9 Å². The molecule has 2 rings (SSSR count). The zero-order valence-electron chi connectivity index (χ0n) is 11.1. The summed E-state index contributed by atoms with van der Waals surface area (Å²) in [5, 5.41) is 7.50. The Labute approximate surface area is 131 Å². The molecule has 0 atom stereocenters. The van der Waals surface area contributed by atoms with E-state index in [-0.39, 0.29) is 44.8 Å². The third-order valence-corrected chi connectivity index (χ3v) is 1.94. The average Bonchev–Trinajstić information content (AvgIpc) is 2.71. The Morgan fingerprint density at radius 2 is 2.00 bits per heavy atom. The van der Waals surface area contributed by atoms with Gasteiger partial charge in [0.1, 0.15) is 6.54 Å². The zero-order valence-corrected chi connectivity index (χ0v) is 13.9. The normalized spacial score (nSPS) is 9.11. The molecule has 0 bridgehead atoms. The van der Waals surface area contributed by atoms with Crippen LogP contribution in [0.4, 0.5) is 0 Å². The number of hydrogen-bond acceptors (Lipinski definition) is 4. The fourth-order valence-corrected chi connectivity index (χ4v) is 1.22. The van der Waals surface area contributed by atoms with Crippen molar-refractivity contribution in [2.24, 2.45) is 0 Å². The third kappa shape index (κ3) is 4.82. The first-order valence-corrected chi connectivity index (χ1v) is 5.53. The number of pyridine rings is 1. The van der Waals surface area contributed by atoms with E-state index in [0.29, 0.717) is 11.8 Å². The van der Waals surface area contributed by atoms with Crippen LogP contribution in [0.25, 0.3) is 0 Å². The quantitative estimate of drug-likeness (QED) is 0.790. The smallest absolute Gasteiger partial charge is 0.236 e. The first kappa shape index (κ1) is 17.2. The molecular formula is C12H16N3O2Y-. The van der Waals surface area contributed by atoms with Gasteiger partial charge < -0.3 is 8.98 Å². The van der Waals surface area contributed by atoms with Crippen LogP contribution in [0.2, 0.25) is 0 Å². The molecule has 0 aliphatic rings. The Bertz CT molecular complexity index is 534. The summed E-state index contributed by atoms with van der Waals surface area (Å²) in [5.41, 5.74) is 0.722. The molecule has 5 nitrogen and oxygen atoms in total. The largest absolute Gasteiger partial charge is 0.424 e. The van der Waals surface area contributed by atoms with Crippen molar-refractivity contribution in [3.63, 3.8) is 0 Å². The van der Waals surface area contributed by atoms with Crippen molar-refractivity contribution in [2.75, 3.05) is 0 Å². The second-order valence-electron chi connectivity index (χ2n) is 3.28. The van der Waals surface area contributed by atoms with Gasteiger partial charge in [0, 0.05) is 39.6 Å². The molecule has 95 valence electrons. The SMILES string of the molecule is CC.Cc1[c-]cn(Cc2nnc(C)o2)c(=O)c1.[Y]. The molecule has 0 aromatic carbocycles. The minimum Gasteiger partial charge on any atom is -0.424 e. The molecule has 2 aromatic heterocycles. The first-order valence-electron chi connectivity index (χ1n) is 5.53. The average molecular weight is 323 g/mol. The number of nitrogens with zero attached hydrogens (tertiary/aromatic N) is 3. The molecule has 2 aromatic rings. The van der Waals surface area contributed by atoms with Gasteiger partial charge in [-0.1, -0.05) is 27.0 Å². The summed E-state index contributed by atoms with van der Waals surface area (Å²) < 4.78 is 6.65. The van der Waals surface area contributed by atoms with Crippen LogP contribution in [-0.2, 0) is 39.3 Å². The van der Waals surface area contributed by atoms with Crippen LogP contribution in [0.15, 0.2) is 21.5 Å². The fourth-order valence-electron chi connectivity index (χ4n) is 1.22. The van der Waals surface area contributed by atoms with Crippen molar-refractivity contribution in [2.45, 2.75) is 34.2 Å². The monoisotopic (exact) mass is 323 g/mol. The Balaban J connectivity index is 0.000000917. The Morgan fingerprint density at radius 3 is 2.50 bits per heavy atom. The van der Waals surface area contributed by atoms with E-state index in [1.54, 1.807) is 13.1 Å². The Morgan fingerprint density at radius 1 is 1.33 bits per heavy atom. The van der Waals surface area contributed by atoms with E-state index < -0.39 is 0 Å². The molecule has 0 amide bonds. The van der Waals surface area contributed by atoms with Gasteiger partial charge in [-0.05, 0) is 0 Å². The summed E-state index contributed by atoms with van der Waals surface area (Å²) in [5.74, 6) is 0.918. The minimum atomic E-state index is -0.0953. The molecule has 0 fully saturated rings. The van der Waals surface area contributed by atoms with Gasteiger partial charge >= 0.3 is 0 Å². The van der Waals surface area contributed by atoms with Crippen molar-refractivity contribution >= 4 is 0 Å². The summed E-state index contributed by atoms with van der Waals surface area (Å²) in [6.07, 6.45) is 1.59. The molecule has 0 saturated carbocycles. The van der Waals surface area contributed by atoms with Crippen molar-refractivity contribution in [3.8, 4) is 0 Å². The van der Waals surface area contributed by atoms with Gasteiger partial charge in [0.05, 0.1) is 0 Å². The molecule has 1 radical (unpaired) electrons. The maximum absolute atomic E-state index is 11.5. The second-order valence-corrected chi connectivity index (χ2v) is 3.28. The second kappa shape index (κ2) is 8.32. The molecule has 18 heavy (non-hydrogen) atoms. The summed E-state index contributed by atoms with van der Waals surface area (Å²) in [6.45, 7) is 7.82. The minimum absolute atomic E-state index is 0.